The molecule has 0 saturated heterocycles. The maximum atomic E-state index is 6.43. The molecule has 0 aromatic heterocycles. The van der Waals surface area contributed by atoms with Crippen molar-refractivity contribution in [3.63, 3.8) is 0 Å². The number of rotatable bonds is 3. The summed E-state index contributed by atoms with van der Waals surface area (Å²) < 4.78 is 6.43. The smallest absolute Gasteiger partial charge is 0.123 e. The molecule has 1 aliphatic rings. The van der Waals surface area contributed by atoms with Gasteiger partial charge in [0.05, 0.1) is 6.61 Å². The molecular formula is C23H38O. The lowest BCUT2D eigenvalue weighted by atomic mass is 9.79. The number of hydrogen-bond donors (Lipinski definition) is 0. The van der Waals surface area contributed by atoms with Crippen LogP contribution < -0.4 is 4.74 Å². The van der Waals surface area contributed by atoms with E-state index >= 15 is 0 Å². The molecule has 0 heterocycles. The standard InChI is InChI=1S/C23H38O/c1-16-9-11-18(12-10-16)15-24-21-14-19(22(3,4)5)17(2)13-20(21)23(6,7)8/h13-14,16,18H,9-12,15H2,1-8H3. The van der Waals surface area contributed by atoms with Crippen LogP contribution in [0.2, 0.25) is 0 Å². The number of benzene rings is 1. The minimum absolute atomic E-state index is 0.109. The fourth-order valence-electron chi connectivity index (χ4n) is 3.91. The molecular weight excluding hydrogens is 292 g/mol. The van der Waals surface area contributed by atoms with Crippen molar-refractivity contribution in [3.8, 4) is 5.75 Å². The van der Waals surface area contributed by atoms with Gasteiger partial charge in [-0.25, -0.2) is 0 Å². The number of aryl methyl sites for hydroxylation is 1. The molecule has 0 bridgehead atoms. The maximum absolute atomic E-state index is 6.43. The summed E-state index contributed by atoms with van der Waals surface area (Å²) in [6, 6.07) is 4.68. The van der Waals surface area contributed by atoms with Crippen LogP contribution in [0.3, 0.4) is 0 Å². The molecule has 0 radical (unpaired) electrons. The van der Waals surface area contributed by atoms with E-state index in [9.17, 15) is 0 Å². The van der Waals surface area contributed by atoms with E-state index in [0.29, 0.717) is 0 Å². The molecule has 0 N–H and O–H groups in total. The fraction of sp³-hybridized carbons (Fsp3) is 0.739. The van der Waals surface area contributed by atoms with Gasteiger partial charge in [-0.05, 0) is 65.2 Å². The van der Waals surface area contributed by atoms with Gasteiger partial charge < -0.3 is 4.74 Å². The summed E-state index contributed by atoms with van der Waals surface area (Å²) in [6.07, 6.45) is 5.37. The summed E-state index contributed by atoms with van der Waals surface area (Å²) in [6.45, 7) is 19.2. The second-order valence-corrected chi connectivity index (χ2v) is 10.1. The summed E-state index contributed by atoms with van der Waals surface area (Å²) in [5.74, 6) is 2.74. The predicted molar refractivity (Wildman–Crippen MR) is 105 cm³/mol. The second-order valence-electron chi connectivity index (χ2n) is 10.1. The van der Waals surface area contributed by atoms with Crippen molar-refractivity contribution in [2.45, 2.75) is 91.9 Å². The van der Waals surface area contributed by atoms with Crippen molar-refractivity contribution >= 4 is 0 Å². The number of hydrogen-bond acceptors (Lipinski definition) is 1. The van der Waals surface area contributed by atoms with Gasteiger partial charge in [0.1, 0.15) is 5.75 Å². The molecule has 1 heteroatoms. The van der Waals surface area contributed by atoms with Gasteiger partial charge in [-0.3, -0.25) is 0 Å². The van der Waals surface area contributed by atoms with Crippen LogP contribution in [0.25, 0.3) is 0 Å². The average Bonchev–Trinajstić information content (AvgIpc) is 2.45. The quantitative estimate of drug-likeness (QED) is 0.592. The Labute approximate surface area is 150 Å². The van der Waals surface area contributed by atoms with E-state index in [1.165, 1.54) is 42.4 Å². The SMILES string of the molecule is Cc1cc(C(C)(C)C)c(OCC2CCC(C)CC2)cc1C(C)(C)C. The molecule has 1 aromatic carbocycles. The van der Waals surface area contributed by atoms with E-state index in [2.05, 4.69) is 67.5 Å². The Balaban J connectivity index is 2.25. The van der Waals surface area contributed by atoms with Gasteiger partial charge >= 0.3 is 0 Å². The highest BCUT2D eigenvalue weighted by Crippen LogP contribution is 2.38. The molecule has 0 unspecified atom stereocenters. The van der Waals surface area contributed by atoms with Crippen molar-refractivity contribution < 1.29 is 4.74 Å². The first kappa shape index (κ1) is 19.3. The first-order chi connectivity index (χ1) is 11.0. The Morgan fingerprint density at radius 3 is 1.92 bits per heavy atom. The molecule has 24 heavy (non-hydrogen) atoms. The van der Waals surface area contributed by atoms with Crippen molar-refractivity contribution in [2.24, 2.45) is 11.8 Å². The van der Waals surface area contributed by atoms with Crippen LogP contribution >= 0.6 is 0 Å². The van der Waals surface area contributed by atoms with E-state index in [4.69, 9.17) is 4.74 Å². The molecule has 136 valence electrons. The van der Waals surface area contributed by atoms with E-state index in [1.54, 1.807) is 0 Å². The molecule has 0 amide bonds. The largest absolute Gasteiger partial charge is 0.493 e. The molecule has 1 fully saturated rings. The minimum Gasteiger partial charge on any atom is -0.493 e. The van der Waals surface area contributed by atoms with Crippen LogP contribution in [0.15, 0.2) is 12.1 Å². The third-order valence-electron chi connectivity index (χ3n) is 5.55. The molecule has 0 atom stereocenters. The van der Waals surface area contributed by atoms with E-state index in [-0.39, 0.29) is 10.8 Å². The van der Waals surface area contributed by atoms with Gasteiger partial charge in [-0.1, -0.05) is 67.4 Å². The number of ether oxygens (including phenoxy) is 1. The molecule has 1 aliphatic carbocycles. The van der Waals surface area contributed by atoms with E-state index < -0.39 is 0 Å². The summed E-state index contributed by atoms with van der Waals surface area (Å²) in [4.78, 5) is 0. The molecule has 0 aliphatic heterocycles. The Morgan fingerprint density at radius 1 is 0.875 bits per heavy atom. The van der Waals surface area contributed by atoms with Crippen LogP contribution in [0.5, 0.6) is 5.75 Å². The van der Waals surface area contributed by atoms with Crippen molar-refractivity contribution in [1.29, 1.82) is 0 Å². The van der Waals surface area contributed by atoms with Gasteiger partial charge in [0.15, 0.2) is 0 Å². The molecule has 2 rings (SSSR count). The summed E-state index contributed by atoms with van der Waals surface area (Å²) in [5, 5.41) is 0. The summed E-state index contributed by atoms with van der Waals surface area (Å²) in [5.41, 5.74) is 4.39. The van der Waals surface area contributed by atoms with Crippen LogP contribution in [-0.4, -0.2) is 6.61 Å². The summed E-state index contributed by atoms with van der Waals surface area (Å²) >= 11 is 0. The molecule has 1 aromatic rings. The third kappa shape index (κ3) is 4.77. The van der Waals surface area contributed by atoms with Crippen LogP contribution in [0.1, 0.15) is 90.8 Å². The lowest BCUT2D eigenvalue weighted by Crippen LogP contribution is -2.22. The first-order valence-corrected chi connectivity index (χ1v) is 9.77. The Morgan fingerprint density at radius 2 is 1.42 bits per heavy atom. The average molecular weight is 331 g/mol. The zero-order valence-electron chi connectivity index (χ0n) is 17.3. The highest BCUT2D eigenvalue weighted by Gasteiger charge is 2.25. The van der Waals surface area contributed by atoms with Crippen LogP contribution in [0.4, 0.5) is 0 Å². The molecule has 0 spiro atoms. The molecule has 1 saturated carbocycles. The van der Waals surface area contributed by atoms with Crippen LogP contribution in [0, 0.1) is 18.8 Å². The second kappa shape index (κ2) is 7.10. The van der Waals surface area contributed by atoms with Crippen molar-refractivity contribution in [2.75, 3.05) is 6.61 Å². The van der Waals surface area contributed by atoms with Gasteiger partial charge in [0.25, 0.3) is 0 Å². The zero-order valence-corrected chi connectivity index (χ0v) is 17.3. The van der Waals surface area contributed by atoms with Crippen molar-refractivity contribution in [1.82, 2.24) is 0 Å². The fourth-order valence-corrected chi connectivity index (χ4v) is 3.91. The Bertz CT molecular complexity index is 549. The van der Waals surface area contributed by atoms with Gasteiger partial charge in [-0.15, -0.1) is 0 Å². The van der Waals surface area contributed by atoms with Crippen molar-refractivity contribution in [3.05, 3.63) is 28.8 Å². The predicted octanol–water partition coefficient (Wildman–Crippen LogP) is 6.80. The molecule has 1 nitrogen and oxygen atoms in total. The normalized spacial score (nSPS) is 22.5. The Kier molecular flexibility index (Phi) is 5.72. The monoisotopic (exact) mass is 330 g/mol. The van der Waals surface area contributed by atoms with Gasteiger partial charge in [-0.2, -0.15) is 0 Å². The summed E-state index contributed by atoms with van der Waals surface area (Å²) in [7, 11) is 0. The van der Waals surface area contributed by atoms with Gasteiger partial charge in [0.2, 0.25) is 0 Å². The zero-order chi connectivity index (χ0) is 18.1. The first-order valence-electron chi connectivity index (χ1n) is 9.77. The Hall–Kier alpha value is -0.980. The third-order valence-corrected chi connectivity index (χ3v) is 5.55. The van der Waals surface area contributed by atoms with E-state index in [0.717, 1.165) is 24.2 Å². The lowest BCUT2D eigenvalue weighted by molar-refractivity contribution is 0.185. The topological polar surface area (TPSA) is 9.23 Å². The highest BCUT2D eigenvalue weighted by atomic mass is 16.5. The highest BCUT2D eigenvalue weighted by molar-refractivity contribution is 5.47. The van der Waals surface area contributed by atoms with E-state index in [1.807, 2.05) is 0 Å². The van der Waals surface area contributed by atoms with Crippen LogP contribution in [-0.2, 0) is 10.8 Å². The lowest BCUT2D eigenvalue weighted by Gasteiger charge is -2.30. The van der Waals surface area contributed by atoms with Gasteiger partial charge in [0, 0.05) is 0 Å². The maximum Gasteiger partial charge on any atom is 0.123 e. The minimum atomic E-state index is 0.109.